The number of hydrogen-bond donors (Lipinski definition) is 0. The zero-order chi connectivity index (χ0) is 17.4. The summed E-state index contributed by atoms with van der Waals surface area (Å²) in [6.07, 6.45) is 6.48. The first-order valence-electron chi connectivity index (χ1n) is 9.06. The van der Waals surface area contributed by atoms with Crippen molar-refractivity contribution < 1.29 is 13.3 Å². The minimum absolute atomic E-state index is 0.587. The van der Waals surface area contributed by atoms with E-state index in [-0.39, 0.29) is 0 Å². The molecule has 7 heteroatoms. The van der Waals surface area contributed by atoms with Gasteiger partial charge in [0.25, 0.3) is 0 Å². The summed E-state index contributed by atoms with van der Waals surface area (Å²) in [6.45, 7) is 13.3. The molecule has 1 rings (SSSR count). The van der Waals surface area contributed by atoms with E-state index in [0.29, 0.717) is 6.54 Å². The van der Waals surface area contributed by atoms with Gasteiger partial charge in [0.05, 0.1) is 6.54 Å². The number of rotatable bonds is 9. The fourth-order valence-electron chi connectivity index (χ4n) is 3.41. The Kier molecular flexibility index (Phi) is 8.61. The molecule has 0 aliphatic carbocycles. The van der Waals surface area contributed by atoms with Crippen LogP contribution in [-0.4, -0.2) is 44.2 Å². The van der Waals surface area contributed by atoms with E-state index in [2.05, 4.69) is 37.7 Å². The number of nitrogens with zero attached hydrogens (tertiary/aromatic N) is 1. The number of hydrogen-bond acceptors (Lipinski definition) is 4. The molecule has 0 bridgehead atoms. The van der Waals surface area contributed by atoms with E-state index in [4.69, 9.17) is 8.54 Å². The Morgan fingerprint density at radius 3 is 2.52 bits per heavy atom. The Morgan fingerprint density at radius 1 is 1.13 bits per heavy atom. The van der Waals surface area contributed by atoms with Crippen LogP contribution in [0.1, 0.15) is 25.7 Å². The third-order valence-corrected chi connectivity index (χ3v) is 16.3. The lowest BCUT2D eigenvalue weighted by Crippen LogP contribution is -2.46. The fourth-order valence-corrected chi connectivity index (χ4v) is 17.9. The Morgan fingerprint density at radius 2 is 1.83 bits per heavy atom. The minimum atomic E-state index is -1.66. The normalized spacial score (nSPS) is 23.2. The van der Waals surface area contributed by atoms with Crippen molar-refractivity contribution in [2.45, 2.75) is 82.6 Å². The molecule has 0 saturated carbocycles. The van der Waals surface area contributed by atoms with Crippen molar-refractivity contribution in [3.8, 4) is 0 Å². The predicted octanol–water partition coefficient (Wildman–Crippen LogP) is 4.91. The molecule has 0 aromatic rings. The van der Waals surface area contributed by atoms with E-state index in [1.54, 1.807) is 6.08 Å². The van der Waals surface area contributed by atoms with Gasteiger partial charge in [-0.2, -0.15) is 0 Å². The Bertz CT molecular complexity index is 401. The SMILES string of the molecule is C[Si](C)(CCCN=C=O)O[Si](C)(C)CC[Si]1(C)CCCCCO1. The lowest BCUT2D eigenvalue weighted by Gasteiger charge is -2.36. The molecule has 1 heterocycles. The highest BCUT2D eigenvalue weighted by atomic mass is 28.4. The lowest BCUT2D eigenvalue weighted by molar-refractivity contribution is 0.306. The maximum absolute atomic E-state index is 10.1. The van der Waals surface area contributed by atoms with Crippen molar-refractivity contribution in [2.24, 2.45) is 4.99 Å². The monoisotopic (exact) mass is 373 g/mol. The van der Waals surface area contributed by atoms with Gasteiger partial charge in [-0.05, 0) is 69.8 Å². The van der Waals surface area contributed by atoms with Crippen molar-refractivity contribution in [1.82, 2.24) is 0 Å². The van der Waals surface area contributed by atoms with Gasteiger partial charge in [0.2, 0.25) is 6.08 Å². The van der Waals surface area contributed by atoms with Crippen molar-refractivity contribution in [1.29, 1.82) is 0 Å². The number of carbonyl (C=O) groups excluding carboxylic acids is 1. The Hall–Kier alpha value is -0.0494. The lowest BCUT2D eigenvalue weighted by atomic mass is 10.3. The molecular formula is C16H35NO3Si3. The van der Waals surface area contributed by atoms with Crippen molar-refractivity contribution in [3.05, 3.63) is 0 Å². The van der Waals surface area contributed by atoms with Crippen LogP contribution in [0.3, 0.4) is 0 Å². The molecule has 0 aromatic carbocycles. The van der Waals surface area contributed by atoms with Gasteiger partial charge in [-0.15, -0.1) is 0 Å². The smallest absolute Gasteiger partial charge is 0.234 e. The van der Waals surface area contributed by atoms with E-state index in [1.807, 2.05) is 0 Å². The first-order valence-corrected chi connectivity index (χ1v) is 18.1. The molecule has 0 aromatic heterocycles. The largest absolute Gasteiger partial charge is 0.456 e. The van der Waals surface area contributed by atoms with Crippen LogP contribution in [-0.2, 0) is 13.3 Å². The van der Waals surface area contributed by atoms with E-state index < -0.39 is 25.0 Å². The average Bonchev–Trinajstić information content (AvgIpc) is 2.66. The summed E-state index contributed by atoms with van der Waals surface area (Å²) in [5, 5.41) is 0. The zero-order valence-electron chi connectivity index (χ0n) is 15.7. The summed E-state index contributed by atoms with van der Waals surface area (Å²) in [6, 6.07) is 4.87. The maximum atomic E-state index is 10.1. The van der Waals surface area contributed by atoms with Crippen molar-refractivity contribution in [3.63, 3.8) is 0 Å². The van der Waals surface area contributed by atoms with E-state index in [0.717, 1.165) is 19.1 Å². The van der Waals surface area contributed by atoms with Crippen molar-refractivity contribution in [2.75, 3.05) is 13.2 Å². The molecule has 0 N–H and O–H groups in total. The second-order valence-corrected chi connectivity index (χ2v) is 21.4. The molecule has 1 aliphatic rings. The van der Waals surface area contributed by atoms with Crippen LogP contribution >= 0.6 is 0 Å². The Balaban J connectivity index is 2.45. The molecule has 1 saturated heterocycles. The van der Waals surface area contributed by atoms with Gasteiger partial charge < -0.3 is 8.54 Å². The molecule has 1 unspecified atom stereocenters. The first-order chi connectivity index (χ1) is 10.7. The number of aliphatic imine (C=N–C) groups is 1. The predicted molar refractivity (Wildman–Crippen MR) is 104 cm³/mol. The molecule has 1 atom stereocenters. The summed E-state index contributed by atoms with van der Waals surface area (Å²) in [5.41, 5.74) is 0. The summed E-state index contributed by atoms with van der Waals surface area (Å²) < 4.78 is 13.0. The van der Waals surface area contributed by atoms with Gasteiger partial charge in [0.15, 0.2) is 25.0 Å². The van der Waals surface area contributed by atoms with Gasteiger partial charge in [0.1, 0.15) is 0 Å². The molecule has 1 aliphatic heterocycles. The maximum Gasteiger partial charge on any atom is 0.234 e. The molecule has 1 fully saturated rings. The summed E-state index contributed by atoms with van der Waals surface area (Å²) in [7, 11) is -4.81. The second kappa shape index (κ2) is 9.44. The molecule has 23 heavy (non-hydrogen) atoms. The van der Waals surface area contributed by atoms with Gasteiger partial charge in [-0.25, -0.2) is 9.79 Å². The van der Waals surface area contributed by atoms with Crippen LogP contribution in [0.25, 0.3) is 0 Å². The summed E-state index contributed by atoms with van der Waals surface area (Å²) in [5.74, 6) is 0. The second-order valence-electron chi connectivity index (χ2n) is 8.31. The van der Waals surface area contributed by atoms with E-state index in [1.165, 1.54) is 37.4 Å². The van der Waals surface area contributed by atoms with Gasteiger partial charge in [-0.1, -0.05) is 12.8 Å². The third kappa shape index (κ3) is 9.12. The topological polar surface area (TPSA) is 47.9 Å². The minimum Gasteiger partial charge on any atom is -0.456 e. The molecule has 4 nitrogen and oxygen atoms in total. The highest BCUT2D eigenvalue weighted by molar-refractivity contribution is 6.86. The van der Waals surface area contributed by atoms with Crippen LogP contribution in [0.5, 0.6) is 0 Å². The van der Waals surface area contributed by atoms with Gasteiger partial charge in [-0.3, -0.25) is 0 Å². The van der Waals surface area contributed by atoms with Crippen LogP contribution in [0.15, 0.2) is 4.99 Å². The highest BCUT2D eigenvalue weighted by Gasteiger charge is 2.37. The molecule has 0 radical (unpaired) electrons. The van der Waals surface area contributed by atoms with Crippen LogP contribution in [0, 0.1) is 0 Å². The average molecular weight is 374 g/mol. The van der Waals surface area contributed by atoms with E-state index in [9.17, 15) is 4.79 Å². The third-order valence-electron chi connectivity index (χ3n) is 4.72. The fraction of sp³-hybridized carbons (Fsp3) is 0.938. The molecule has 0 spiro atoms. The van der Waals surface area contributed by atoms with Crippen LogP contribution < -0.4 is 0 Å². The molecule has 134 valence electrons. The Labute approximate surface area is 145 Å². The zero-order valence-corrected chi connectivity index (χ0v) is 18.7. The summed E-state index contributed by atoms with van der Waals surface area (Å²) >= 11 is 0. The highest BCUT2D eigenvalue weighted by Crippen LogP contribution is 2.31. The van der Waals surface area contributed by atoms with Crippen LogP contribution in [0.4, 0.5) is 0 Å². The standard InChI is InChI=1S/C16H35NO3Si3/c1-21(2,12-9-10-17-16-18)20-22(3,4)14-15-23(5)13-8-6-7-11-19-23/h6-15H2,1-5H3. The van der Waals surface area contributed by atoms with Crippen molar-refractivity contribution >= 4 is 31.0 Å². The number of isocyanates is 1. The van der Waals surface area contributed by atoms with Gasteiger partial charge >= 0.3 is 0 Å². The van der Waals surface area contributed by atoms with E-state index >= 15 is 0 Å². The first kappa shape index (κ1) is 21.0. The summed E-state index contributed by atoms with van der Waals surface area (Å²) in [4.78, 5) is 13.8. The van der Waals surface area contributed by atoms with Gasteiger partial charge in [0, 0.05) is 6.61 Å². The van der Waals surface area contributed by atoms with Crippen LogP contribution in [0.2, 0.25) is 56.9 Å². The quantitative estimate of drug-likeness (QED) is 0.249. The molecular weight excluding hydrogens is 338 g/mol. The molecule has 0 amide bonds.